The Hall–Kier alpha value is -0.0800. The fraction of sp³-hybridized carbons (Fsp3) is 1.00. The van der Waals surface area contributed by atoms with Gasteiger partial charge in [0.25, 0.3) is 0 Å². The summed E-state index contributed by atoms with van der Waals surface area (Å²) in [5.74, 6) is 1.92. The second kappa shape index (κ2) is 8.16. The van der Waals surface area contributed by atoms with Crippen molar-refractivity contribution in [2.45, 2.75) is 58.3 Å². The third kappa shape index (κ3) is 4.89. The lowest BCUT2D eigenvalue weighted by Crippen LogP contribution is -2.38. The van der Waals surface area contributed by atoms with Crippen molar-refractivity contribution in [3.05, 3.63) is 0 Å². The van der Waals surface area contributed by atoms with Crippen LogP contribution in [0, 0.1) is 11.8 Å². The van der Waals surface area contributed by atoms with Crippen LogP contribution in [0.15, 0.2) is 0 Å². The molecular weight excluding hydrogens is 220 g/mol. The second-order valence-electron chi connectivity index (χ2n) is 6.39. The van der Waals surface area contributed by atoms with Crippen molar-refractivity contribution in [1.82, 2.24) is 10.2 Å². The van der Waals surface area contributed by atoms with Gasteiger partial charge in [0, 0.05) is 0 Å². The summed E-state index contributed by atoms with van der Waals surface area (Å²) in [6, 6.07) is 0. The molecule has 2 heteroatoms. The summed E-state index contributed by atoms with van der Waals surface area (Å²) in [4.78, 5) is 2.59. The van der Waals surface area contributed by atoms with Gasteiger partial charge in [-0.25, -0.2) is 0 Å². The molecule has 2 rings (SSSR count). The maximum Gasteiger partial charge on any atom is -0.00157 e. The Morgan fingerprint density at radius 1 is 0.833 bits per heavy atom. The normalized spacial score (nSPS) is 25.2. The van der Waals surface area contributed by atoms with Crippen molar-refractivity contribution >= 4 is 0 Å². The summed E-state index contributed by atoms with van der Waals surface area (Å²) in [5.41, 5.74) is 0. The Morgan fingerprint density at radius 3 is 1.94 bits per heavy atom. The minimum Gasteiger partial charge on any atom is -0.316 e. The largest absolute Gasteiger partial charge is 0.316 e. The van der Waals surface area contributed by atoms with Crippen LogP contribution in [0.1, 0.15) is 58.3 Å². The highest BCUT2D eigenvalue weighted by Gasteiger charge is 2.18. The lowest BCUT2D eigenvalue weighted by atomic mass is 9.96. The molecule has 106 valence electrons. The van der Waals surface area contributed by atoms with Crippen molar-refractivity contribution in [3.8, 4) is 0 Å². The van der Waals surface area contributed by atoms with Crippen LogP contribution in [-0.2, 0) is 0 Å². The predicted molar refractivity (Wildman–Crippen MR) is 78.9 cm³/mol. The Bertz CT molecular complexity index is 201. The molecule has 0 aromatic carbocycles. The van der Waals surface area contributed by atoms with Crippen LogP contribution in [0.25, 0.3) is 0 Å². The molecule has 1 saturated heterocycles. The van der Waals surface area contributed by atoms with Gasteiger partial charge in [-0.3, -0.25) is 0 Å². The van der Waals surface area contributed by atoms with E-state index in [9.17, 15) is 0 Å². The van der Waals surface area contributed by atoms with Gasteiger partial charge in [0.05, 0.1) is 0 Å². The van der Waals surface area contributed by atoms with E-state index >= 15 is 0 Å². The summed E-state index contributed by atoms with van der Waals surface area (Å²) < 4.78 is 0. The van der Waals surface area contributed by atoms with Crippen molar-refractivity contribution < 1.29 is 0 Å². The number of nitrogens with one attached hydrogen (secondary N) is 1. The molecular formula is C16H32N2. The van der Waals surface area contributed by atoms with E-state index in [4.69, 9.17) is 0 Å². The first kappa shape index (κ1) is 14.3. The Balaban J connectivity index is 1.55. The lowest BCUT2D eigenvalue weighted by molar-refractivity contribution is 0.188. The highest BCUT2D eigenvalue weighted by molar-refractivity contribution is 4.74. The molecule has 2 aliphatic rings. The summed E-state index contributed by atoms with van der Waals surface area (Å²) in [5, 5.41) is 3.77. The molecule has 0 unspecified atom stereocenters. The molecule has 0 amide bonds. The molecule has 1 saturated carbocycles. The van der Waals surface area contributed by atoms with E-state index in [1.807, 2.05) is 0 Å². The zero-order valence-electron chi connectivity index (χ0n) is 12.3. The van der Waals surface area contributed by atoms with Crippen molar-refractivity contribution in [3.63, 3.8) is 0 Å². The topological polar surface area (TPSA) is 15.3 Å². The number of hydrogen-bond donors (Lipinski definition) is 1. The second-order valence-corrected chi connectivity index (χ2v) is 6.39. The maximum atomic E-state index is 3.77. The third-order valence-electron chi connectivity index (χ3n) is 5.00. The fourth-order valence-electron chi connectivity index (χ4n) is 3.57. The summed E-state index contributed by atoms with van der Waals surface area (Å²) in [6.45, 7) is 8.73. The maximum absolute atomic E-state index is 3.77. The van der Waals surface area contributed by atoms with Crippen LogP contribution in [-0.4, -0.2) is 37.6 Å². The van der Waals surface area contributed by atoms with Gasteiger partial charge in [0.2, 0.25) is 0 Å². The molecule has 1 heterocycles. The van der Waals surface area contributed by atoms with Gasteiger partial charge in [0.1, 0.15) is 0 Å². The number of rotatable bonds is 5. The van der Waals surface area contributed by atoms with Crippen molar-refractivity contribution in [1.29, 1.82) is 0 Å². The fourth-order valence-corrected chi connectivity index (χ4v) is 3.57. The zero-order chi connectivity index (χ0) is 12.6. The summed E-state index contributed by atoms with van der Waals surface area (Å²) >= 11 is 0. The minimum atomic E-state index is 0.943. The van der Waals surface area contributed by atoms with E-state index in [1.54, 1.807) is 0 Å². The van der Waals surface area contributed by atoms with Gasteiger partial charge >= 0.3 is 0 Å². The van der Waals surface area contributed by atoms with Crippen LogP contribution in [0.2, 0.25) is 0 Å². The van der Waals surface area contributed by atoms with Gasteiger partial charge in [-0.1, -0.05) is 32.6 Å². The van der Waals surface area contributed by atoms with Gasteiger partial charge in [0.15, 0.2) is 0 Å². The van der Waals surface area contributed by atoms with Crippen LogP contribution < -0.4 is 5.32 Å². The minimum absolute atomic E-state index is 0.943. The number of nitrogens with zero attached hydrogens (tertiary/aromatic N) is 1. The van der Waals surface area contributed by atoms with Crippen LogP contribution in [0.5, 0.6) is 0 Å². The third-order valence-corrected chi connectivity index (χ3v) is 5.00. The van der Waals surface area contributed by atoms with E-state index in [0.29, 0.717) is 0 Å². The number of hydrogen-bond acceptors (Lipinski definition) is 2. The SMILES string of the molecule is CCN1CCC(CNCC2CCCCCC2)CC1. The van der Waals surface area contributed by atoms with Crippen molar-refractivity contribution in [2.24, 2.45) is 11.8 Å². The molecule has 1 aliphatic carbocycles. The van der Waals surface area contributed by atoms with E-state index in [-0.39, 0.29) is 0 Å². The number of likely N-dealkylation sites (tertiary alicyclic amines) is 1. The van der Waals surface area contributed by atoms with Crippen molar-refractivity contribution in [2.75, 3.05) is 32.7 Å². The lowest BCUT2D eigenvalue weighted by Gasteiger charge is -2.31. The molecule has 0 aromatic rings. The average Bonchev–Trinajstić information content (AvgIpc) is 2.68. The first-order valence-electron chi connectivity index (χ1n) is 8.31. The van der Waals surface area contributed by atoms with Crippen LogP contribution in [0.3, 0.4) is 0 Å². The Kier molecular flexibility index (Phi) is 6.50. The van der Waals surface area contributed by atoms with E-state index in [1.165, 1.54) is 84.1 Å². The van der Waals surface area contributed by atoms with Gasteiger partial charge < -0.3 is 10.2 Å². The van der Waals surface area contributed by atoms with Gasteiger partial charge in [-0.15, -0.1) is 0 Å². The molecule has 0 spiro atoms. The molecule has 2 fully saturated rings. The molecule has 0 bridgehead atoms. The monoisotopic (exact) mass is 252 g/mol. The highest BCUT2D eigenvalue weighted by atomic mass is 15.1. The first-order chi connectivity index (χ1) is 8.88. The van der Waals surface area contributed by atoms with Crippen LogP contribution >= 0.6 is 0 Å². The Labute approximate surface area is 114 Å². The van der Waals surface area contributed by atoms with E-state index < -0.39 is 0 Å². The standard InChI is InChI=1S/C16H32N2/c1-2-18-11-9-16(10-12-18)14-17-13-15-7-5-3-4-6-8-15/h15-17H,2-14H2,1H3. The van der Waals surface area contributed by atoms with Crippen LogP contribution in [0.4, 0.5) is 0 Å². The molecule has 1 aliphatic heterocycles. The summed E-state index contributed by atoms with van der Waals surface area (Å²) in [7, 11) is 0. The quantitative estimate of drug-likeness (QED) is 0.755. The molecule has 2 nitrogen and oxygen atoms in total. The molecule has 0 radical (unpaired) electrons. The zero-order valence-corrected chi connectivity index (χ0v) is 12.3. The molecule has 18 heavy (non-hydrogen) atoms. The smallest absolute Gasteiger partial charge is 0.00157 e. The van der Waals surface area contributed by atoms with Gasteiger partial charge in [-0.05, 0) is 70.2 Å². The molecule has 1 N–H and O–H groups in total. The average molecular weight is 252 g/mol. The Morgan fingerprint density at radius 2 is 1.39 bits per heavy atom. The highest BCUT2D eigenvalue weighted by Crippen LogP contribution is 2.22. The number of piperidine rings is 1. The van der Waals surface area contributed by atoms with E-state index in [0.717, 1.165) is 11.8 Å². The molecule has 0 atom stereocenters. The van der Waals surface area contributed by atoms with Gasteiger partial charge in [-0.2, -0.15) is 0 Å². The molecule has 0 aromatic heterocycles. The van der Waals surface area contributed by atoms with E-state index in [2.05, 4.69) is 17.1 Å². The summed E-state index contributed by atoms with van der Waals surface area (Å²) in [6.07, 6.45) is 11.7. The predicted octanol–water partition coefficient (Wildman–Crippen LogP) is 3.28. The first-order valence-corrected chi connectivity index (χ1v) is 8.31.